The first kappa shape index (κ1) is 14.3. The molecule has 1 fully saturated rings. The molecule has 102 valence electrons. The maximum Gasteiger partial charge on any atom is 0.326 e. The van der Waals surface area contributed by atoms with Crippen molar-refractivity contribution in [2.24, 2.45) is 5.41 Å². The SMILES string of the molecule is CC(C)(C)[C@@H](NC(=O)N1CCNC(=O)C1)C(=O)O. The molecule has 1 atom stereocenters. The van der Waals surface area contributed by atoms with Gasteiger partial charge >= 0.3 is 12.0 Å². The Morgan fingerprint density at radius 2 is 2.06 bits per heavy atom. The smallest absolute Gasteiger partial charge is 0.326 e. The average molecular weight is 257 g/mol. The summed E-state index contributed by atoms with van der Waals surface area (Å²) in [6.45, 7) is 5.93. The second-order valence-corrected chi connectivity index (χ2v) is 5.36. The summed E-state index contributed by atoms with van der Waals surface area (Å²) in [5.74, 6) is -1.32. The zero-order valence-electron chi connectivity index (χ0n) is 10.8. The van der Waals surface area contributed by atoms with Crippen molar-refractivity contribution in [3.8, 4) is 0 Å². The molecule has 1 heterocycles. The molecule has 3 N–H and O–H groups in total. The molecule has 7 heteroatoms. The molecule has 0 aromatic heterocycles. The minimum Gasteiger partial charge on any atom is -0.480 e. The maximum absolute atomic E-state index is 11.9. The molecule has 1 rings (SSSR count). The van der Waals surface area contributed by atoms with E-state index in [1.807, 2.05) is 0 Å². The number of amides is 3. The first-order valence-electron chi connectivity index (χ1n) is 5.77. The lowest BCUT2D eigenvalue weighted by Gasteiger charge is -2.32. The van der Waals surface area contributed by atoms with Crippen molar-refractivity contribution in [3.63, 3.8) is 0 Å². The summed E-state index contributed by atoms with van der Waals surface area (Å²) in [5.41, 5.74) is -0.598. The van der Waals surface area contributed by atoms with Crippen LogP contribution in [-0.2, 0) is 9.59 Å². The van der Waals surface area contributed by atoms with Crippen molar-refractivity contribution < 1.29 is 19.5 Å². The zero-order valence-corrected chi connectivity index (χ0v) is 10.8. The zero-order chi connectivity index (χ0) is 13.9. The lowest BCUT2D eigenvalue weighted by Crippen LogP contribution is -2.57. The van der Waals surface area contributed by atoms with E-state index in [1.54, 1.807) is 20.8 Å². The Morgan fingerprint density at radius 1 is 1.44 bits per heavy atom. The number of rotatable bonds is 2. The Labute approximate surface area is 106 Å². The number of urea groups is 1. The van der Waals surface area contributed by atoms with E-state index in [0.717, 1.165) is 0 Å². The third-order valence-corrected chi connectivity index (χ3v) is 2.71. The molecule has 0 bridgehead atoms. The number of carbonyl (C=O) groups excluding carboxylic acids is 2. The summed E-state index contributed by atoms with van der Waals surface area (Å²) in [5, 5.41) is 14.1. The van der Waals surface area contributed by atoms with Crippen LogP contribution in [0.15, 0.2) is 0 Å². The Morgan fingerprint density at radius 3 is 2.50 bits per heavy atom. The quantitative estimate of drug-likeness (QED) is 0.628. The van der Waals surface area contributed by atoms with E-state index < -0.39 is 23.5 Å². The van der Waals surface area contributed by atoms with Crippen molar-refractivity contribution in [3.05, 3.63) is 0 Å². The molecule has 1 aliphatic heterocycles. The number of piperazine rings is 1. The van der Waals surface area contributed by atoms with Crippen LogP contribution in [0, 0.1) is 5.41 Å². The summed E-state index contributed by atoms with van der Waals surface area (Å²) < 4.78 is 0. The molecule has 0 unspecified atom stereocenters. The molecular formula is C11H19N3O4. The molecule has 1 saturated heterocycles. The van der Waals surface area contributed by atoms with Crippen molar-refractivity contribution in [1.82, 2.24) is 15.5 Å². The monoisotopic (exact) mass is 257 g/mol. The van der Waals surface area contributed by atoms with Gasteiger partial charge in [0.15, 0.2) is 0 Å². The molecular weight excluding hydrogens is 238 g/mol. The van der Waals surface area contributed by atoms with E-state index in [0.29, 0.717) is 13.1 Å². The number of carboxylic acids is 1. The molecule has 1 aliphatic rings. The lowest BCUT2D eigenvalue weighted by molar-refractivity contribution is -0.142. The Balaban J connectivity index is 2.67. The third-order valence-electron chi connectivity index (χ3n) is 2.71. The van der Waals surface area contributed by atoms with Crippen LogP contribution < -0.4 is 10.6 Å². The molecule has 0 aromatic rings. The largest absolute Gasteiger partial charge is 0.480 e. The minimum atomic E-state index is -1.09. The number of nitrogens with one attached hydrogen (secondary N) is 2. The van der Waals surface area contributed by atoms with Gasteiger partial charge in [-0.1, -0.05) is 20.8 Å². The number of hydrogen-bond donors (Lipinski definition) is 3. The summed E-state index contributed by atoms with van der Waals surface area (Å²) in [6, 6.07) is -1.51. The topological polar surface area (TPSA) is 98.7 Å². The van der Waals surface area contributed by atoms with Gasteiger partial charge in [0.2, 0.25) is 5.91 Å². The fraction of sp³-hybridized carbons (Fsp3) is 0.727. The van der Waals surface area contributed by atoms with Gasteiger partial charge in [-0.3, -0.25) is 4.79 Å². The summed E-state index contributed by atoms with van der Waals surface area (Å²) >= 11 is 0. The number of carboxylic acid groups (broad SMARTS) is 1. The predicted octanol–water partition coefficient (Wildman–Crippen LogP) is -0.373. The van der Waals surface area contributed by atoms with Gasteiger partial charge in [-0.05, 0) is 5.41 Å². The normalized spacial score (nSPS) is 17.9. The van der Waals surface area contributed by atoms with Crippen molar-refractivity contribution in [1.29, 1.82) is 0 Å². The van der Waals surface area contributed by atoms with Crippen LogP contribution in [0.1, 0.15) is 20.8 Å². The first-order valence-corrected chi connectivity index (χ1v) is 5.77. The minimum absolute atomic E-state index is 0.0394. The van der Waals surface area contributed by atoms with E-state index in [4.69, 9.17) is 5.11 Å². The van der Waals surface area contributed by atoms with Gasteiger partial charge in [-0.25, -0.2) is 9.59 Å². The highest BCUT2D eigenvalue weighted by Gasteiger charge is 2.34. The van der Waals surface area contributed by atoms with Crippen LogP contribution in [0.25, 0.3) is 0 Å². The van der Waals surface area contributed by atoms with Crippen LogP contribution >= 0.6 is 0 Å². The summed E-state index contributed by atoms with van der Waals surface area (Å²) in [4.78, 5) is 35.4. The van der Waals surface area contributed by atoms with Crippen LogP contribution in [0.5, 0.6) is 0 Å². The van der Waals surface area contributed by atoms with Gasteiger partial charge in [0.05, 0.1) is 0 Å². The molecule has 0 saturated carbocycles. The second-order valence-electron chi connectivity index (χ2n) is 5.36. The van der Waals surface area contributed by atoms with Gasteiger partial charge < -0.3 is 20.6 Å². The van der Waals surface area contributed by atoms with E-state index in [9.17, 15) is 14.4 Å². The van der Waals surface area contributed by atoms with Crippen LogP contribution in [-0.4, -0.2) is 53.6 Å². The fourth-order valence-electron chi connectivity index (χ4n) is 1.68. The summed E-state index contributed by atoms with van der Waals surface area (Å²) in [7, 11) is 0. The van der Waals surface area contributed by atoms with E-state index in [2.05, 4.69) is 10.6 Å². The second kappa shape index (κ2) is 5.24. The highest BCUT2D eigenvalue weighted by molar-refractivity contribution is 5.87. The number of aliphatic carboxylic acids is 1. The Hall–Kier alpha value is -1.79. The average Bonchev–Trinajstić information content (AvgIpc) is 2.23. The van der Waals surface area contributed by atoms with Gasteiger partial charge in [0.1, 0.15) is 12.6 Å². The maximum atomic E-state index is 11.9. The Bertz CT molecular complexity index is 362. The number of hydrogen-bond acceptors (Lipinski definition) is 3. The molecule has 0 radical (unpaired) electrons. The van der Waals surface area contributed by atoms with Crippen LogP contribution in [0.2, 0.25) is 0 Å². The molecule has 3 amide bonds. The van der Waals surface area contributed by atoms with Crippen molar-refractivity contribution in [2.45, 2.75) is 26.8 Å². The molecule has 7 nitrogen and oxygen atoms in total. The van der Waals surface area contributed by atoms with E-state index >= 15 is 0 Å². The van der Waals surface area contributed by atoms with E-state index in [-0.39, 0.29) is 12.5 Å². The van der Waals surface area contributed by atoms with E-state index in [1.165, 1.54) is 4.90 Å². The van der Waals surface area contributed by atoms with Gasteiger partial charge in [-0.15, -0.1) is 0 Å². The Kier molecular flexibility index (Phi) is 4.15. The van der Waals surface area contributed by atoms with Gasteiger partial charge in [0.25, 0.3) is 0 Å². The lowest BCUT2D eigenvalue weighted by atomic mass is 9.87. The number of nitrogens with zero attached hydrogens (tertiary/aromatic N) is 1. The van der Waals surface area contributed by atoms with Gasteiger partial charge in [-0.2, -0.15) is 0 Å². The molecule has 0 aliphatic carbocycles. The van der Waals surface area contributed by atoms with Crippen molar-refractivity contribution in [2.75, 3.05) is 19.6 Å². The van der Waals surface area contributed by atoms with Crippen molar-refractivity contribution >= 4 is 17.9 Å². The highest BCUT2D eigenvalue weighted by Crippen LogP contribution is 2.19. The highest BCUT2D eigenvalue weighted by atomic mass is 16.4. The van der Waals surface area contributed by atoms with Crippen LogP contribution in [0.4, 0.5) is 4.79 Å². The standard InChI is InChI=1S/C11H19N3O4/c1-11(2,3)8(9(16)17)13-10(18)14-5-4-12-7(15)6-14/h8H,4-6H2,1-3H3,(H,12,15)(H,13,18)(H,16,17)/t8-/m0/s1. The van der Waals surface area contributed by atoms with Crippen LogP contribution in [0.3, 0.4) is 0 Å². The first-order chi connectivity index (χ1) is 8.21. The number of carbonyl (C=O) groups is 3. The fourth-order valence-corrected chi connectivity index (χ4v) is 1.68. The predicted molar refractivity (Wildman–Crippen MR) is 64.0 cm³/mol. The summed E-state index contributed by atoms with van der Waals surface area (Å²) in [6.07, 6.45) is 0. The molecule has 0 spiro atoms. The molecule has 0 aromatic carbocycles. The molecule has 18 heavy (non-hydrogen) atoms. The third kappa shape index (κ3) is 3.61. The van der Waals surface area contributed by atoms with Gasteiger partial charge in [0, 0.05) is 13.1 Å².